The van der Waals surface area contributed by atoms with Crippen LogP contribution in [0.5, 0.6) is 5.75 Å². The normalized spacial score (nSPS) is 22.3. The molecule has 6 heterocycles. The Kier molecular flexibility index (Phi) is 17.3. The number of nitrogens with zero attached hydrogens (tertiary/aromatic N) is 5. The third kappa shape index (κ3) is 12.7. The molecule has 18 heteroatoms. The van der Waals surface area contributed by atoms with Crippen molar-refractivity contribution in [2.45, 2.75) is 116 Å². The number of cyclic esters (lactones) is 1. The van der Waals surface area contributed by atoms with Crippen LogP contribution in [0.4, 0.5) is 0 Å². The molecule has 3 saturated heterocycles. The Morgan fingerprint density at radius 2 is 1.76 bits per heavy atom. The van der Waals surface area contributed by atoms with Crippen molar-refractivity contribution in [1.29, 1.82) is 0 Å². The van der Waals surface area contributed by atoms with Crippen LogP contribution in [0.1, 0.15) is 101 Å². The van der Waals surface area contributed by atoms with Crippen LogP contribution < -0.4 is 10.7 Å². The monoisotopic (exact) mass is 1100 g/mol. The number of rotatable bonds is 11. The highest BCUT2D eigenvalue weighted by Gasteiger charge is 2.42. The molecule has 4 aliphatic heterocycles. The highest BCUT2D eigenvalue weighted by molar-refractivity contribution is 7.91. The largest absolute Gasteiger partial charge is 0.508 e. The van der Waals surface area contributed by atoms with Gasteiger partial charge >= 0.3 is 5.97 Å². The van der Waals surface area contributed by atoms with E-state index in [1.165, 1.54) is 9.91 Å². The van der Waals surface area contributed by atoms with Gasteiger partial charge in [-0.2, -0.15) is 0 Å². The van der Waals surface area contributed by atoms with Crippen molar-refractivity contribution >= 4 is 44.4 Å². The number of fused-ring (bicyclic) bond motifs is 6. The van der Waals surface area contributed by atoms with Gasteiger partial charge in [0.25, 0.3) is 11.8 Å². The molecule has 6 atom stereocenters. The summed E-state index contributed by atoms with van der Waals surface area (Å²) in [5.74, 6) is 4.37. The number of methoxy groups -OCH3 is 1. The first-order valence-electron chi connectivity index (χ1n) is 27.7. The van der Waals surface area contributed by atoms with E-state index in [1.54, 1.807) is 32.5 Å². The zero-order chi connectivity index (χ0) is 56.3. The zero-order valence-electron chi connectivity index (χ0n) is 46.7. The second-order valence-corrected chi connectivity index (χ2v) is 25.0. The summed E-state index contributed by atoms with van der Waals surface area (Å²) >= 11 is 0. The van der Waals surface area contributed by atoms with Gasteiger partial charge in [-0.25, -0.2) is 13.8 Å². The van der Waals surface area contributed by atoms with Crippen LogP contribution in [0.3, 0.4) is 0 Å². The van der Waals surface area contributed by atoms with Crippen LogP contribution in [0.25, 0.3) is 33.3 Å². The van der Waals surface area contributed by atoms with E-state index >= 15 is 0 Å². The maximum atomic E-state index is 14.9. The Bertz CT molecular complexity index is 3260. The zero-order valence-corrected chi connectivity index (χ0v) is 47.5. The van der Waals surface area contributed by atoms with Crippen molar-refractivity contribution in [2.24, 2.45) is 11.3 Å². The number of aromatic nitrogens is 2. The fourth-order valence-corrected chi connectivity index (χ4v) is 13.0. The van der Waals surface area contributed by atoms with Gasteiger partial charge in [0.15, 0.2) is 9.84 Å². The molecule has 2 aromatic heterocycles. The molecular formula is C61H75N7O10S. The number of sulfone groups is 1. The van der Waals surface area contributed by atoms with Crippen LogP contribution in [0, 0.1) is 23.2 Å². The van der Waals surface area contributed by atoms with Crippen molar-refractivity contribution in [2.75, 3.05) is 65.1 Å². The van der Waals surface area contributed by atoms with E-state index < -0.39 is 63.4 Å². The Morgan fingerprint density at radius 3 is 2.48 bits per heavy atom. The Labute approximate surface area is 464 Å². The van der Waals surface area contributed by atoms with Crippen LogP contribution >= 0.6 is 0 Å². The third-order valence-corrected chi connectivity index (χ3v) is 17.6. The molecule has 0 saturated carbocycles. The summed E-state index contributed by atoms with van der Waals surface area (Å²) in [4.78, 5) is 66.8. The average Bonchev–Trinajstić information content (AvgIpc) is 4.28. The number of esters is 1. The van der Waals surface area contributed by atoms with Gasteiger partial charge in [-0.05, 0) is 104 Å². The molecule has 0 aliphatic carbocycles. The second-order valence-electron chi connectivity index (χ2n) is 22.7. The molecule has 420 valence electrons. The van der Waals surface area contributed by atoms with E-state index in [2.05, 4.69) is 60.1 Å². The number of nitrogens with one attached hydrogen (secondary N) is 2. The smallest absolute Gasteiger partial charge is 0.324 e. The summed E-state index contributed by atoms with van der Waals surface area (Å²) in [6.45, 7) is 14.5. The van der Waals surface area contributed by atoms with Gasteiger partial charge in [0.05, 0.1) is 42.1 Å². The van der Waals surface area contributed by atoms with E-state index in [1.807, 2.05) is 74.2 Å². The molecule has 79 heavy (non-hydrogen) atoms. The van der Waals surface area contributed by atoms with Crippen LogP contribution in [0.2, 0.25) is 0 Å². The summed E-state index contributed by atoms with van der Waals surface area (Å²) < 4.78 is 44.7. The van der Waals surface area contributed by atoms with Gasteiger partial charge in [0, 0.05) is 92.9 Å². The minimum atomic E-state index is -3.03. The van der Waals surface area contributed by atoms with Crippen molar-refractivity contribution < 1.29 is 46.9 Å². The summed E-state index contributed by atoms with van der Waals surface area (Å²) in [7, 11) is 0.220. The summed E-state index contributed by atoms with van der Waals surface area (Å²) in [6, 6.07) is 20.2. The van der Waals surface area contributed by atoms with Crippen molar-refractivity contribution in [3.8, 4) is 40.0 Å². The van der Waals surface area contributed by atoms with Gasteiger partial charge in [-0.1, -0.05) is 82.0 Å². The van der Waals surface area contributed by atoms with E-state index in [0.717, 1.165) is 38.9 Å². The van der Waals surface area contributed by atoms with Crippen LogP contribution in [0.15, 0.2) is 79.0 Å². The number of pyridine rings is 1. The number of hydrazine groups is 1. The number of likely N-dealkylation sites (N-methyl/N-ethyl adjacent to an activating group) is 1. The first kappa shape index (κ1) is 57.1. The molecule has 6 bridgehead atoms. The number of ether oxygens (including phenoxy) is 3. The molecule has 9 rings (SSSR count). The fraction of sp³-hybridized carbons (Fsp3) is 0.492. The molecule has 17 nitrogen and oxygen atoms in total. The first-order chi connectivity index (χ1) is 37.7. The summed E-state index contributed by atoms with van der Waals surface area (Å²) in [6.07, 6.45) is 2.53. The fourth-order valence-electron chi connectivity index (χ4n) is 11.7. The third-order valence-electron chi connectivity index (χ3n) is 16.0. The van der Waals surface area contributed by atoms with E-state index in [9.17, 15) is 32.7 Å². The molecule has 5 aromatic rings. The number of phenolic OH excluding ortho intramolecular Hbond substituents is 1. The topological polar surface area (TPSA) is 202 Å². The van der Waals surface area contributed by atoms with Gasteiger partial charge in [-0.15, -0.1) is 0 Å². The predicted molar refractivity (Wildman–Crippen MR) is 302 cm³/mol. The van der Waals surface area contributed by atoms with Crippen molar-refractivity contribution in [3.63, 3.8) is 0 Å². The van der Waals surface area contributed by atoms with E-state index in [0.29, 0.717) is 80.9 Å². The maximum absolute atomic E-state index is 14.9. The van der Waals surface area contributed by atoms with Gasteiger partial charge in [0.2, 0.25) is 5.91 Å². The van der Waals surface area contributed by atoms with Crippen LogP contribution in [-0.4, -0.2) is 151 Å². The SMILES string of the molecule is CCn1c(-c2cc(C#CCN3CCS(=O)(=O)CC3)cnc2[C@H](C)OC)c2c3cc(ccc31)-c1cc(O)cc(c1)C[C@H](NC(=O)[C@H](C(C)C)N(C)C(=O)C1OCCC1c1ccccc1)C(=O)N1CCCC(N1)C(=O)OCC(C)(C)C2. The average molecular weight is 1100 g/mol. The number of phenols is 1. The van der Waals surface area contributed by atoms with Crippen LogP contribution in [-0.2, 0) is 62.6 Å². The molecule has 4 aliphatic rings. The standard InChI is InChI=1S/C61H75N7O10S/c1-9-67-52-20-19-43-34-47(52)49(55(67)48-31-40(36-62-53(48)39(4)76-8)15-13-22-66-24-27-79(74,75)28-25-66)35-61(5,6)37-78-60(73)50-18-14-23-68(64-50)58(71)51(32-41-29-44(43)33-45(69)30-41)63-57(70)54(38(2)3)65(7)59(72)56-46(21-26-77-56)42-16-11-10-12-17-42/h10-12,16-17,19-20,29-31,33-34,36,38-39,46,50-51,54,56,64,69H,9,14,18,21-28,32,35,37H2,1-8H3,(H,63,70)/t39-,46?,50?,51-,54-,56?/m0/s1. The molecule has 3 unspecified atom stereocenters. The minimum absolute atomic E-state index is 0.0333. The molecule has 3 fully saturated rings. The first-order valence-corrected chi connectivity index (χ1v) is 29.5. The minimum Gasteiger partial charge on any atom is -0.508 e. The summed E-state index contributed by atoms with van der Waals surface area (Å²) in [5, 5.41) is 16.9. The molecule has 3 amide bonds. The lowest BCUT2D eigenvalue weighted by Gasteiger charge is -2.37. The Morgan fingerprint density at radius 1 is 1.00 bits per heavy atom. The highest BCUT2D eigenvalue weighted by Crippen LogP contribution is 2.43. The summed E-state index contributed by atoms with van der Waals surface area (Å²) in [5.41, 5.74) is 10.6. The van der Waals surface area contributed by atoms with E-state index in [4.69, 9.17) is 19.2 Å². The number of carbonyl (C=O) groups is 4. The van der Waals surface area contributed by atoms with Crippen molar-refractivity contribution in [1.82, 2.24) is 35.1 Å². The lowest BCUT2D eigenvalue weighted by Crippen LogP contribution is -2.62. The van der Waals surface area contributed by atoms with E-state index in [-0.39, 0.29) is 54.6 Å². The van der Waals surface area contributed by atoms with Gasteiger partial charge < -0.3 is 34.1 Å². The number of hydrogen-bond acceptors (Lipinski definition) is 13. The number of carbonyl (C=O) groups excluding carboxylic acids is 4. The van der Waals surface area contributed by atoms with Gasteiger partial charge in [-0.3, -0.25) is 34.1 Å². The number of benzene rings is 3. The molecular weight excluding hydrogens is 1020 g/mol. The number of aromatic hydroxyl groups is 1. The molecule has 3 aromatic carbocycles. The number of aryl methyl sites for hydroxylation is 1. The Hall–Kier alpha value is -6.62. The van der Waals surface area contributed by atoms with Crippen molar-refractivity contribution in [3.05, 3.63) is 107 Å². The molecule has 0 spiro atoms. The molecule has 3 N–H and O–H groups in total. The predicted octanol–water partition coefficient (Wildman–Crippen LogP) is 6.59. The number of amides is 3. The second kappa shape index (κ2) is 24.0. The maximum Gasteiger partial charge on any atom is 0.324 e. The van der Waals surface area contributed by atoms with Gasteiger partial charge in [0.1, 0.15) is 30.0 Å². The number of hydrogen-bond donors (Lipinski definition) is 3. The lowest BCUT2D eigenvalue weighted by molar-refractivity contribution is -0.155. The Balaban J connectivity index is 1.11. The highest BCUT2D eigenvalue weighted by atomic mass is 32.2. The molecule has 0 radical (unpaired) electrons. The quantitative estimate of drug-likeness (QED) is 0.0946. The lowest BCUT2D eigenvalue weighted by atomic mass is 9.84.